The summed E-state index contributed by atoms with van der Waals surface area (Å²) in [6.45, 7) is 4.19. The molecule has 2 rings (SSSR count). The Morgan fingerprint density at radius 1 is 1.28 bits per heavy atom. The van der Waals surface area contributed by atoms with Crippen molar-refractivity contribution in [1.29, 1.82) is 0 Å². The summed E-state index contributed by atoms with van der Waals surface area (Å²) in [5.41, 5.74) is 8.79. The van der Waals surface area contributed by atoms with Crippen molar-refractivity contribution in [2.75, 3.05) is 0 Å². The minimum absolute atomic E-state index is 0.337. The summed E-state index contributed by atoms with van der Waals surface area (Å²) in [6.07, 6.45) is 6.37. The van der Waals surface area contributed by atoms with Crippen LogP contribution < -0.4 is 5.73 Å². The topological polar surface area (TPSA) is 68.9 Å². The van der Waals surface area contributed by atoms with Crippen molar-refractivity contribution in [3.63, 3.8) is 0 Å². The molecule has 1 amide bonds. The van der Waals surface area contributed by atoms with Gasteiger partial charge in [0.15, 0.2) is 0 Å². The number of hydrogen-bond donors (Lipinski definition) is 1. The van der Waals surface area contributed by atoms with Crippen molar-refractivity contribution in [2.24, 2.45) is 5.73 Å². The monoisotopic (exact) mass is 241 g/mol. The van der Waals surface area contributed by atoms with E-state index in [0.29, 0.717) is 5.92 Å². The Morgan fingerprint density at radius 2 is 2.00 bits per heavy atom. The van der Waals surface area contributed by atoms with E-state index in [4.69, 9.17) is 5.73 Å². The first kappa shape index (κ1) is 12.2. The number of rotatable bonds is 3. The van der Waals surface area contributed by atoms with E-state index >= 15 is 0 Å². The van der Waals surface area contributed by atoms with Crippen molar-refractivity contribution in [3.05, 3.63) is 41.7 Å². The molecule has 0 radical (unpaired) electrons. The summed E-state index contributed by atoms with van der Waals surface area (Å²) in [5.74, 6) is -0.130. The molecule has 0 aliphatic rings. The number of primary amides is 1. The summed E-state index contributed by atoms with van der Waals surface area (Å²) in [5, 5.41) is 0. The van der Waals surface area contributed by atoms with Crippen LogP contribution in [0, 0.1) is 0 Å². The Morgan fingerprint density at radius 3 is 2.67 bits per heavy atom. The lowest BCUT2D eigenvalue weighted by molar-refractivity contribution is -0.113. The predicted octanol–water partition coefficient (Wildman–Crippen LogP) is 2.25. The van der Waals surface area contributed by atoms with Crippen LogP contribution in [-0.4, -0.2) is 15.9 Å². The molecule has 4 nitrogen and oxygen atoms in total. The summed E-state index contributed by atoms with van der Waals surface area (Å²) in [7, 11) is 0. The third-order valence-corrected chi connectivity index (χ3v) is 2.75. The third-order valence-electron chi connectivity index (χ3n) is 2.75. The molecule has 0 aliphatic carbocycles. The molecule has 18 heavy (non-hydrogen) atoms. The van der Waals surface area contributed by atoms with E-state index in [9.17, 15) is 4.79 Å². The highest BCUT2D eigenvalue weighted by Crippen LogP contribution is 2.26. The molecule has 0 saturated carbocycles. The third kappa shape index (κ3) is 2.37. The fraction of sp³-hybridized carbons (Fsp3) is 0.214. The molecule has 0 fully saturated rings. The van der Waals surface area contributed by atoms with E-state index in [-0.39, 0.29) is 0 Å². The molecule has 0 unspecified atom stereocenters. The zero-order chi connectivity index (χ0) is 13.1. The van der Waals surface area contributed by atoms with Gasteiger partial charge in [0.1, 0.15) is 0 Å². The summed E-state index contributed by atoms with van der Waals surface area (Å²) >= 11 is 0. The van der Waals surface area contributed by atoms with Crippen LogP contribution in [0.25, 0.3) is 17.1 Å². The lowest BCUT2D eigenvalue weighted by Gasteiger charge is -2.11. The van der Waals surface area contributed by atoms with Crippen LogP contribution in [0.5, 0.6) is 0 Å². The molecule has 2 N–H and O–H groups in total. The first-order valence-electron chi connectivity index (χ1n) is 5.80. The summed E-state index contributed by atoms with van der Waals surface area (Å²) in [4.78, 5) is 19.5. The van der Waals surface area contributed by atoms with E-state index in [1.165, 1.54) is 6.08 Å². The van der Waals surface area contributed by atoms with Crippen LogP contribution >= 0.6 is 0 Å². The molecule has 1 aromatic heterocycles. The molecular formula is C14H15N3O. The SMILES string of the molecule is CC(C)c1ccc2nccnc2c1/C=C/C(N)=O. The average molecular weight is 241 g/mol. The van der Waals surface area contributed by atoms with Gasteiger partial charge in [0, 0.05) is 24.0 Å². The zero-order valence-electron chi connectivity index (χ0n) is 10.4. The Bertz CT molecular complexity index is 617. The first-order valence-corrected chi connectivity index (χ1v) is 5.80. The standard InChI is InChI=1S/C14H15N3O/c1-9(2)10-3-5-12-14(17-8-7-16-12)11(10)4-6-13(15)18/h3-9H,1-2H3,(H2,15,18)/b6-4+. The van der Waals surface area contributed by atoms with Gasteiger partial charge in [0.25, 0.3) is 0 Å². The smallest absolute Gasteiger partial charge is 0.241 e. The van der Waals surface area contributed by atoms with Crippen molar-refractivity contribution in [3.8, 4) is 0 Å². The second kappa shape index (κ2) is 4.96. The van der Waals surface area contributed by atoms with Gasteiger partial charge in [-0.2, -0.15) is 0 Å². The number of carbonyl (C=O) groups is 1. The van der Waals surface area contributed by atoms with Crippen LogP contribution in [0.1, 0.15) is 30.9 Å². The molecule has 2 aromatic rings. The Hall–Kier alpha value is -2.23. The number of nitrogens with two attached hydrogens (primary N) is 1. The molecule has 1 heterocycles. The van der Waals surface area contributed by atoms with Gasteiger partial charge in [-0.3, -0.25) is 14.8 Å². The van der Waals surface area contributed by atoms with E-state index < -0.39 is 5.91 Å². The van der Waals surface area contributed by atoms with E-state index in [1.54, 1.807) is 18.5 Å². The fourth-order valence-corrected chi connectivity index (χ4v) is 1.92. The normalized spacial score (nSPS) is 11.5. The minimum Gasteiger partial charge on any atom is -0.366 e. The number of hydrogen-bond acceptors (Lipinski definition) is 3. The van der Waals surface area contributed by atoms with Crippen LogP contribution in [0.15, 0.2) is 30.6 Å². The molecule has 0 atom stereocenters. The van der Waals surface area contributed by atoms with Crippen molar-refractivity contribution in [2.45, 2.75) is 19.8 Å². The first-order chi connectivity index (χ1) is 8.59. The average Bonchev–Trinajstić information content (AvgIpc) is 2.35. The molecule has 0 bridgehead atoms. The lowest BCUT2D eigenvalue weighted by Crippen LogP contribution is -2.05. The number of fused-ring (bicyclic) bond motifs is 1. The van der Waals surface area contributed by atoms with Gasteiger partial charge in [-0.15, -0.1) is 0 Å². The second-order valence-corrected chi connectivity index (χ2v) is 4.38. The highest BCUT2D eigenvalue weighted by atomic mass is 16.1. The van der Waals surface area contributed by atoms with Gasteiger partial charge in [0.2, 0.25) is 5.91 Å². The van der Waals surface area contributed by atoms with Crippen LogP contribution in [-0.2, 0) is 4.79 Å². The number of benzene rings is 1. The van der Waals surface area contributed by atoms with E-state index in [0.717, 1.165) is 22.2 Å². The van der Waals surface area contributed by atoms with Crippen LogP contribution in [0.2, 0.25) is 0 Å². The maximum Gasteiger partial charge on any atom is 0.241 e. The van der Waals surface area contributed by atoms with Gasteiger partial charge in [-0.1, -0.05) is 19.9 Å². The quantitative estimate of drug-likeness (QED) is 0.838. The predicted molar refractivity (Wildman–Crippen MR) is 71.9 cm³/mol. The maximum absolute atomic E-state index is 10.9. The summed E-state index contributed by atoms with van der Waals surface area (Å²) < 4.78 is 0. The Kier molecular flexibility index (Phi) is 3.37. The molecule has 0 aliphatic heterocycles. The van der Waals surface area contributed by atoms with Gasteiger partial charge < -0.3 is 5.73 Å². The number of nitrogens with zero attached hydrogens (tertiary/aromatic N) is 2. The van der Waals surface area contributed by atoms with Crippen LogP contribution in [0.3, 0.4) is 0 Å². The number of aromatic nitrogens is 2. The largest absolute Gasteiger partial charge is 0.366 e. The van der Waals surface area contributed by atoms with Crippen molar-refractivity contribution < 1.29 is 4.79 Å². The maximum atomic E-state index is 10.9. The van der Waals surface area contributed by atoms with E-state index in [1.807, 2.05) is 12.1 Å². The summed E-state index contributed by atoms with van der Waals surface area (Å²) in [6, 6.07) is 3.96. The molecule has 0 spiro atoms. The van der Waals surface area contributed by atoms with Crippen LogP contribution in [0.4, 0.5) is 0 Å². The van der Waals surface area contributed by atoms with Gasteiger partial charge in [-0.05, 0) is 23.6 Å². The Balaban J connectivity index is 2.70. The molecule has 4 heteroatoms. The molecule has 0 saturated heterocycles. The molecule has 1 aromatic carbocycles. The Labute approximate surface area is 106 Å². The van der Waals surface area contributed by atoms with Gasteiger partial charge in [-0.25, -0.2) is 0 Å². The fourth-order valence-electron chi connectivity index (χ4n) is 1.92. The highest BCUT2D eigenvalue weighted by molar-refractivity contribution is 5.94. The minimum atomic E-state index is -0.467. The zero-order valence-corrected chi connectivity index (χ0v) is 10.4. The molecule has 92 valence electrons. The van der Waals surface area contributed by atoms with Crippen molar-refractivity contribution >= 4 is 23.0 Å². The van der Waals surface area contributed by atoms with Crippen molar-refractivity contribution in [1.82, 2.24) is 9.97 Å². The van der Waals surface area contributed by atoms with Gasteiger partial charge >= 0.3 is 0 Å². The second-order valence-electron chi connectivity index (χ2n) is 4.38. The van der Waals surface area contributed by atoms with Gasteiger partial charge in [0.05, 0.1) is 11.0 Å². The number of carbonyl (C=O) groups excluding carboxylic acids is 1. The van der Waals surface area contributed by atoms with E-state index in [2.05, 4.69) is 23.8 Å². The lowest BCUT2D eigenvalue weighted by atomic mass is 9.95. The highest BCUT2D eigenvalue weighted by Gasteiger charge is 2.10. The molecular weight excluding hydrogens is 226 g/mol. The number of amides is 1.